The number of benzene rings is 1. The van der Waals surface area contributed by atoms with Crippen LogP contribution in [-0.4, -0.2) is 28.6 Å². The molecule has 0 aliphatic carbocycles. The number of hydrogen-bond donors (Lipinski definition) is 2. The average Bonchev–Trinajstić information content (AvgIpc) is 2.16. The van der Waals surface area contributed by atoms with Gasteiger partial charge in [0.1, 0.15) is 0 Å². The fraction of sp³-hybridized carbons (Fsp3) is 0.333. The Hall–Kier alpha value is -0.900. The molecule has 0 radical (unpaired) electrons. The summed E-state index contributed by atoms with van der Waals surface area (Å²) in [6.07, 6.45) is 0. The Kier molecular flexibility index (Phi) is 3.73. The molecule has 0 aliphatic rings. The van der Waals surface area contributed by atoms with Crippen molar-refractivity contribution in [1.82, 2.24) is 4.90 Å². The summed E-state index contributed by atoms with van der Waals surface area (Å²) in [7, 11) is 0. The highest BCUT2D eigenvalue weighted by Gasteiger charge is 2.00. The molecule has 3 nitrogen and oxygen atoms in total. The standard InChI is InChI=1S/C9H13NO2/c11-7-10(8-12)6-9-4-2-1-3-5-9/h1-5,11-12H,6-8H2. The van der Waals surface area contributed by atoms with Gasteiger partial charge in [-0.2, -0.15) is 0 Å². The Morgan fingerprint density at radius 3 is 2.08 bits per heavy atom. The molecule has 0 saturated heterocycles. The van der Waals surface area contributed by atoms with Crippen LogP contribution < -0.4 is 0 Å². The van der Waals surface area contributed by atoms with Crippen LogP contribution in [0.1, 0.15) is 5.56 Å². The van der Waals surface area contributed by atoms with Crippen molar-refractivity contribution in [1.29, 1.82) is 0 Å². The highest BCUT2D eigenvalue weighted by atomic mass is 16.3. The summed E-state index contributed by atoms with van der Waals surface area (Å²) in [4.78, 5) is 1.52. The second kappa shape index (κ2) is 4.87. The molecule has 1 aromatic rings. The molecule has 12 heavy (non-hydrogen) atoms. The van der Waals surface area contributed by atoms with Crippen LogP contribution in [0.5, 0.6) is 0 Å². The first-order valence-electron chi connectivity index (χ1n) is 3.85. The molecule has 1 aromatic carbocycles. The predicted octanol–water partition coefficient (Wildman–Crippen LogP) is 0.388. The van der Waals surface area contributed by atoms with Crippen molar-refractivity contribution in [3.63, 3.8) is 0 Å². The molecule has 0 fully saturated rings. The third-order valence-electron chi connectivity index (χ3n) is 1.65. The molecule has 0 aliphatic heterocycles. The molecule has 0 heterocycles. The molecule has 0 amide bonds. The highest BCUT2D eigenvalue weighted by molar-refractivity contribution is 5.14. The zero-order chi connectivity index (χ0) is 8.81. The van der Waals surface area contributed by atoms with Crippen molar-refractivity contribution in [2.75, 3.05) is 13.5 Å². The van der Waals surface area contributed by atoms with E-state index in [1.807, 2.05) is 30.3 Å². The van der Waals surface area contributed by atoms with Crippen LogP contribution in [0.25, 0.3) is 0 Å². The van der Waals surface area contributed by atoms with Gasteiger partial charge in [-0.1, -0.05) is 30.3 Å². The largest absolute Gasteiger partial charge is 0.381 e. The van der Waals surface area contributed by atoms with Crippen molar-refractivity contribution in [2.24, 2.45) is 0 Å². The van der Waals surface area contributed by atoms with Crippen molar-refractivity contribution in [3.05, 3.63) is 35.9 Å². The Labute approximate surface area is 71.9 Å². The Balaban J connectivity index is 2.51. The van der Waals surface area contributed by atoms with Gasteiger partial charge in [-0.25, -0.2) is 0 Å². The Morgan fingerprint density at radius 1 is 1.00 bits per heavy atom. The number of nitrogens with zero attached hydrogens (tertiary/aromatic N) is 1. The van der Waals surface area contributed by atoms with Crippen LogP contribution >= 0.6 is 0 Å². The molecule has 2 N–H and O–H groups in total. The van der Waals surface area contributed by atoms with E-state index in [1.165, 1.54) is 4.90 Å². The summed E-state index contributed by atoms with van der Waals surface area (Å²) in [6, 6.07) is 9.72. The SMILES string of the molecule is OCN(CO)Cc1ccccc1. The summed E-state index contributed by atoms with van der Waals surface area (Å²) in [5.41, 5.74) is 1.08. The smallest absolute Gasteiger partial charge is 0.0977 e. The maximum absolute atomic E-state index is 8.75. The lowest BCUT2D eigenvalue weighted by atomic mass is 10.2. The van der Waals surface area contributed by atoms with E-state index < -0.39 is 0 Å². The van der Waals surface area contributed by atoms with Crippen LogP contribution in [-0.2, 0) is 6.54 Å². The van der Waals surface area contributed by atoms with E-state index in [0.717, 1.165) is 5.56 Å². The molecular weight excluding hydrogens is 154 g/mol. The van der Waals surface area contributed by atoms with Gasteiger partial charge in [0.25, 0.3) is 0 Å². The van der Waals surface area contributed by atoms with E-state index in [2.05, 4.69) is 0 Å². The van der Waals surface area contributed by atoms with E-state index in [9.17, 15) is 0 Å². The first-order valence-corrected chi connectivity index (χ1v) is 3.85. The average molecular weight is 167 g/mol. The van der Waals surface area contributed by atoms with E-state index in [-0.39, 0.29) is 13.5 Å². The maximum Gasteiger partial charge on any atom is 0.0977 e. The normalized spacial score (nSPS) is 10.6. The van der Waals surface area contributed by atoms with Crippen molar-refractivity contribution in [2.45, 2.75) is 6.54 Å². The maximum atomic E-state index is 8.75. The van der Waals surface area contributed by atoms with Crippen LogP contribution in [0.15, 0.2) is 30.3 Å². The van der Waals surface area contributed by atoms with E-state index in [4.69, 9.17) is 10.2 Å². The monoisotopic (exact) mass is 167 g/mol. The zero-order valence-electron chi connectivity index (χ0n) is 6.85. The van der Waals surface area contributed by atoms with Crippen molar-refractivity contribution >= 4 is 0 Å². The van der Waals surface area contributed by atoms with Crippen LogP contribution in [0.3, 0.4) is 0 Å². The van der Waals surface area contributed by atoms with Gasteiger partial charge in [-0.3, -0.25) is 4.90 Å². The minimum Gasteiger partial charge on any atom is -0.381 e. The minimum atomic E-state index is -0.120. The summed E-state index contributed by atoms with van der Waals surface area (Å²) in [5, 5.41) is 17.5. The zero-order valence-corrected chi connectivity index (χ0v) is 6.85. The van der Waals surface area contributed by atoms with Gasteiger partial charge in [0.15, 0.2) is 0 Å². The number of rotatable bonds is 4. The molecule has 66 valence electrons. The molecule has 1 rings (SSSR count). The van der Waals surface area contributed by atoms with Gasteiger partial charge in [0.05, 0.1) is 13.5 Å². The Bertz CT molecular complexity index is 209. The van der Waals surface area contributed by atoms with E-state index in [0.29, 0.717) is 6.54 Å². The third-order valence-corrected chi connectivity index (χ3v) is 1.65. The lowest BCUT2D eigenvalue weighted by Crippen LogP contribution is -2.24. The molecular formula is C9H13NO2. The van der Waals surface area contributed by atoms with E-state index in [1.54, 1.807) is 0 Å². The second-order valence-electron chi connectivity index (χ2n) is 2.60. The predicted molar refractivity (Wildman–Crippen MR) is 46.2 cm³/mol. The fourth-order valence-corrected chi connectivity index (χ4v) is 0.986. The molecule has 0 aromatic heterocycles. The van der Waals surface area contributed by atoms with Gasteiger partial charge >= 0.3 is 0 Å². The van der Waals surface area contributed by atoms with Crippen LogP contribution in [0.2, 0.25) is 0 Å². The van der Waals surface area contributed by atoms with Gasteiger partial charge in [-0.15, -0.1) is 0 Å². The summed E-state index contributed by atoms with van der Waals surface area (Å²) in [6.45, 7) is 0.338. The molecule has 3 heteroatoms. The lowest BCUT2D eigenvalue weighted by molar-refractivity contribution is 0.0234. The summed E-state index contributed by atoms with van der Waals surface area (Å²) in [5.74, 6) is 0. The lowest BCUT2D eigenvalue weighted by Gasteiger charge is -2.15. The fourth-order valence-electron chi connectivity index (χ4n) is 0.986. The number of aliphatic hydroxyl groups is 2. The van der Waals surface area contributed by atoms with Gasteiger partial charge < -0.3 is 10.2 Å². The van der Waals surface area contributed by atoms with Crippen LogP contribution in [0.4, 0.5) is 0 Å². The molecule has 0 atom stereocenters. The molecule has 0 saturated carbocycles. The van der Waals surface area contributed by atoms with Crippen molar-refractivity contribution < 1.29 is 10.2 Å². The van der Waals surface area contributed by atoms with Crippen molar-refractivity contribution in [3.8, 4) is 0 Å². The van der Waals surface area contributed by atoms with Crippen LogP contribution in [0, 0.1) is 0 Å². The quantitative estimate of drug-likeness (QED) is 0.637. The Morgan fingerprint density at radius 2 is 1.58 bits per heavy atom. The minimum absolute atomic E-state index is 0.120. The summed E-state index contributed by atoms with van der Waals surface area (Å²) < 4.78 is 0. The number of aliphatic hydroxyl groups excluding tert-OH is 2. The highest BCUT2D eigenvalue weighted by Crippen LogP contribution is 2.02. The second-order valence-corrected chi connectivity index (χ2v) is 2.60. The first-order chi connectivity index (χ1) is 5.86. The molecule has 0 spiro atoms. The summed E-state index contributed by atoms with van der Waals surface area (Å²) >= 11 is 0. The number of hydrogen-bond acceptors (Lipinski definition) is 3. The van der Waals surface area contributed by atoms with E-state index >= 15 is 0 Å². The van der Waals surface area contributed by atoms with Gasteiger partial charge in [-0.05, 0) is 5.56 Å². The van der Waals surface area contributed by atoms with Gasteiger partial charge in [0, 0.05) is 6.54 Å². The molecule has 0 bridgehead atoms. The van der Waals surface area contributed by atoms with Gasteiger partial charge in [0.2, 0.25) is 0 Å². The third kappa shape index (κ3) is 2.62. The first kappa shape index (κ1) is 9.19. The topological polar surface area (TPSA) is 43.7 Å². The molecule has 0 unspecified atom stereocenters.